The molecule has 0 bridgehead atoms. The monoisotopic (exact) mass is 308 g/mol. The molecular weight excluding hydrogens is 280 g/mol. The molecule has 7 heteroatoms. The van der Waals surface area contributed by atoms with Crippen molar-refractivity contribution in [3.63, 3.8) is 0 Å². The molecular formula is C13H28N2O4S. The van der Waals surface area contributed by atoms with Crippen molar-refractivity contribution in [3.05, 3.63) is 0 Å². The summed E-state index contributed by atoms with van der Waals surface area (Å²) in [5, 5.41) is 11.7. The summed E-state index contributed by atoms with van der Waals surface area (Å²) in [6.45, 7) is 8.18. The van der Waals surface area contributed by atoms with Crippen LogP contribution in [0.25, 0.3) is 0 Å². The maximum Gasteiger partial charge on any atom is 0.238 e. The van der Waals surface area contributed by atoms with Crippen molar-refractivity contribution in [1.82, 2.24) is 10.0 Å². The van der Waals surface area contributed by atoms with Crippen LogP contribution in [-0.2, 0) is 14.8 Å². The van der Waals surface area contributed by atoms with Crippen LogP contribution in [0.15, 0.2) is 0 Å². The molecule has 120 valence electrons. The second-order valence-electron chi connectivity index (χ2n) is 6.43. The summed E-state index contributed by atoms with van der Waals surface area (Å²) in [6.07, 6.45) is 2.06. The molecule has 1 unspecified atom stereocenters. The quantitative estimate of drug-likeness (QED) is 0.577. The Morgan fingerprint density at radius 1 is 1.30 bits per heavy atom. The third-order valence-corrected chi connectivity index (χ3v) is 3.62. The molecule has 0 aromatic heterocycles. The lowest BCUT2D eigenvalue weighted by Gasteiger charge is -2.26. The standard InChI is InChI=1S/C13H28N2O4S/c1-10(2)8-11(15-20(5,18)19)12(17)14-9-13(3,4)6-7-16/h10-11,15-16H,6-9H2,1-5H3,(H,14,17). The minimum absolute atomic E-state index is 0.0554. The number of aliphatic hydroxyl groups excluding tert-OH is 1. The average Bonchev–Trinajstić information content (AvgIpc) is 2.22. The molecule has 1 amide bonds. The smallest absolute Gasteiger partial charge is 0.238 e. The van der Waals surface area contributed by atoms with E-state index in [1.165, 1.54) is 0 Å². The second kappa shape index (κ2) is 7.95. The summed E-state index contributed by atoms with van der Waals surface area (Å²) in [7, 11) is -3.43. The van der Waals surface area contributed by atoms with Gasteiger partial charge in [-0.15, -0.1) is 0 Å². The Balaban J connectivity index is 4.63. The van der Waals surface area contributed by atoms with Gasteiger partial charge in [-0.2, -0.15) is 0 Å². The van der Waals surface area contributed by atoms with Gasteiger partial charge in [-0.25, -0.2) is 13.1 Å². The van der Waals surface area contributed by atoms with Crippen LogP contribution in [0.2, 0.25) is 0 Å². The summed E-state index contributed by atoms with van der Waals surface area (Å²) < 4.78 is 25.0. The van der Waals surface area contributed by atoms with Gasteiger partial charge in [0.2, 0.25) is 15.9 Å². The SMILES string of the molecule is CC(C)CC(NS(C)(=O)=O)C(=O)NCC(C)(C)CCO. The van der Waals surface area contributed by atoms with Gasteiger partial charge in [0.15, 0.2) is 0 Å². The number of carbonyl (C=O) groups is 1. The Kier molecular flexibility index (Phi) is 7.69. The van der Waals surface area contributed by atoms with Crippen molar-refractivity contribution >= 4 is 15.9 Å². The highest BCUT2D eigenvalue weighted by Gasteiger charge is 2.25. The van der Waals surface area contributed by atoms with Gasteiger partial charge >= 0.3 is 0 Å². The van der Waals surface area contributed by atoms with Crippen molar-refractivity contribution in [1.29, 1.82) is 0 Å². The van der Waals surface area contributed by atoms with Gasteiger partial charge in [-0.05, 0) is 24.2 Å². The first-order chi connectivity index (χ1) is 8.97. The van der Waals surface area contributed by atoms with Crippen molar-refractivity contribution < 1.29 is 18.3 Å². The first-order valence-corrected chi connectivity index (χ1v) is 8.72. The zero-order chi connectivity index (χ0) is 16.0. The topological polar surface area (TPSA) is 95.5 Å². The van der Waals surface area contributed by atoms with E-state index in [-0.39, 0.29) is 23.8 Å². The molecule has 0 saturated carbocycles. The van der Waals surface area contributed by atoms with Crippen molar-refractivity contribution in [2.24, 2.45) is 11.3 Å². The van der Waals surface area contributed by atoms with Crippen LogP contribution >= 0.6 is 0 Å². The maximum atomic E-state index is 12.1. The summed E-state index contributed by atoms with van der Waals surface area (Å²) >= 11 is 0. The minimum atomic E-state index is -3.43. The second-order valence-corrected chi connectivity index (χ2v) is 8.21. The molecule has 0 heterocycles. The number of aliphatic hydroxyl groups is 1. The number of rotatable bonds is 9. The highest BCUT2D eigenvalue weighted by atomic mass is 32.2. The lowest BCUT2D eigenvalue weighted by molar-refractivity contribution is -0.123. The van der Waals surface area contributed by atoms with Crippen LogP contribution in [0.4, 0.5) is 0 Å². The highest BCUT2D eigenvalue weighted by molar-refractivity contribution is 7.88. The van der Waals surface area contributed by atoms with Crippen LogP contribution in [0.1, 0.15) is 40.5 Å². The van der Waals surface area contributed by atoms with Crippen LogP contribution in [0, 0.1) is 11.3 Å². The van der Waals surface area contributed by atoms with Crippen molar-refractivity contribution in [2.45, 2.75) is 46.6 Å². The predicted molar refractivity (Wildman–Crippen MR) is 79.7 cm³/mol. The van der Waals surface area contributed by atoms with Gasteiger partial charge in [0.1, 0.15) is 6.04 Å². The van der Waals surface area contributed by atoms with E-state index in [9.17, 15) is 13.2 Å². The first-order valence-electron chi connectivity index (χ1n) is 6.83. The van der Waals surface area contributed by atoms with Gasteiger partial charge < -0.3 is 10.4 Å². The molecule has 0 aromatic carbocycles. The Morgan fingerprint density at radius 2 is 1.85 bits per heavy atom. The summed E-state index contributed by atoms with van der Waals surface area (Å²) in [5.74, 6) is -0.124. The van der Waals surface area contributed by atoms with Crippen LogP contribution in [0.5, 0.6) is 0 Å². The van der Waals surface area contributed by atoms with Crippen LogP contribution in [0.3, 0.4) is 0 Å². The molecule has 0 aliphatic heterocycles. The molecule has 1 atom stereocenters. The minimum Gasteiger partial charge on any atom is -0.396 e. The Bertz CT molecular complexity index is 405. The van der Waals surface area contributed by atoms with E-state index in [0.717, 1.165) is 6.26 Å². The van der Waals surface area contributed by atoms with Crippen LogP contribution in [-0.4, -0.2) is 44.9 Å². The van der Waals surface area contributed by atoms with E-state index in [4.69, 9.17) is 5.11 Å². The molecule has 20 heavy (non-hydrogen) atoms. The number of nitrogens with one attached hydrogen (secondary N) is 2. The Labute approximate surface area is 122 Å². The van der Waals surface area contributed by atoms with E-state index in [1.807, 2.05) is 27.7 Å². The molecule has 0 spiro atoms. The van der Waals surface area contributed by atoms with Crippen molar-refractivity contribution in [3.8, 4) is 0 Å². The van der Waals surface area contributed by atoms with E-state index >= 15 is 0 Å². The third kappa shape index (κ3) is 9.28. The van der Waals surface area contributed by atoms with E-state index in [2.05, 4.69) is 10.0 Å². The van der Waals surface area contributed by atoms with Crippen molar-refractivity contribution in [2.75, 3.05) is 19.4 Å². The lowest BCUT2D eigenvalue weighted by atomic mass is 9.89. The molecule has 0 aliphatic rings. The Hall–Kier alpha value is -0.660. The predicted octanol–water partition coefficient (Wildman–Crippen LogP) is 0.475. The number of hydrogen-bond donors (Lipinski definition) is 3. The average molecular weight is 308 g/mol. The summed E-state index contributed by atoms with van der Waals surface area (Å²) in [5.41, 5.74) is -0.224. The fraction of sp³-hybridized carbons (Fsp3) is 0.923. The molecule has 0 saturated heterocycles. The van der Waals surface area contributed by atoms with Gasteiger partial charge in [-0.1, -0.05) is 27.7 Å². The first kappa shape index (κ1) is 19.3. The maximum absolute atomic E-state index is 12.1. The van der Waals surface area contributed by atoms with E-state index in [0.29, 0.717) is 19.4 Å². The largest absolute Gasteiger partial charge is 0.396 e. The van der Waals surface area contributed by atoms with E-state index in [1.54, 1.807) is 0 Å². The number of carbonyl (C=O) groups excluding carboxylic acids is 1. The van der Waals surface area contributed by atoms with Gasteiger partial charge in [0.25, 0.3) is 0 Å². The zero-order valence-corrected chi connectivity index (χ0v) is 13.9. The molecule has 6 nitrogen and oxygen atoms in total. The third-order valence-electron chi connectivity index (χ3n) is 2.91. The fourth-order valence-corrected chi connectivity index (χ4v) is 2.50. The summed E-state index contributed by atoms with van der Waals surface area (Å²) in [4.78, 5) is 12.1. The number of hydrogen-bond acceptors (Lipinski definition) is 4. The lowest BCUT2D eigenvalue weighted by Crippen LogP contribution is -2.49. The normalized spacial score (nSPS) is 14.3. The fourth-order valence-electron chi connectivity index (χ4n) is 1.78. The van der Waals surface area contributed by atoms with Gasteiger partial charge in [0.05, 0.1) is 6.26 Å². The molecule has 0 fully saturated rings. The highest BCUT2D eigenvalue weighted by Crippen LogP contribution is 2.18. The van der Waals surface area contributed by atoms with E-state index < -0.39 is 16.1 Å². The number of sulfonamides is 1. The molecule has 0 aliphatic carbocycles. The summed E-state index contributed by atoms with van der Waals surface area (Å²) in [6, 6.07) is -0.755. The molecule has 3 N–H and O–H groups in total. The zero-order valence-electron chi connectivity index (χ0n) is 13.1. The number of amides is 1. The molecule has 0 aromatic rings. The Morgan fingerprint density at radius 3 is 2.25 bits per heavy atom. The molecule has 0 radical (unpaired) electrons. The molecule has 0 rings (SSSR count). The van der Waals surface area contributed by atoms with Gasteiger partial charge in [-0.3, -0.25) is 4.79 Å². The van der Waals surface area contributed by atoms with Crippen LogP contribution < -0.4 is 10.0 Å². The van der Waals surface area contributed by atoms with Gasteiger partial charge in [0, 0.05) is 13.2 Å².